The van der Waals surface area contributed by atoms with Crippen LogP contribution in [-0.4, -0.2) is 0 Å². The monoisotopic (exact) mass is 362 g/mol. The van der Waals surface area contributed by atoms with Gasteiger partial charge in [-0.25, -0.2) is 0 Å². The van der Waals surface area contributed by atoms with Gasteiger partial charge in [-0.1, -0.05) is 117 Å². The second-order valence-corrected chi connectivity index (χ2v) is 9.97. The van der Waals surface area contributed by atoms with E-state index in [1.54, 1.807) is 57.8 Å². The van der Waals surface area contributed by atoms with E-state index >= 15 is 0 Å². The van der Waals surface area contributed by atoms with Gasteiger partial charge in [-0.3, -0.25) is 0 Å². The summed E-state index contributed by atoms with van der Waals surface area (Å²) < 4.78 is 0. The molecule has 2 rings (SSSR count). The van der Waals surface area contributed by atoms with E-state index in [1.807, 2.05) is 0 Å². The van der Waals surface area contributed by atoms with Crippen molar-refractivity contribution in [1.29, 1.82) is 0 Å². The Morgan fingerprint density at radius 1 is 0.423 bits per heavy atom. The predicted molar refractivity (Wildman–Crippen MR) is 118 cm³/mol. The van der Waals surface area contributed by atoms with Crippen LogP contribution in [0.15, 0.2) is 0 Å². The molecule has 0 radical (unpaired) electrons. The van der Waals surface area contributed by atoms with Gasteiger partial charge in [0.25, 0.3) is 0 Å². The van der Waals surface area contributed by atoms with Crippen molar-refractivity contribution in [2.45, 2.75) is 142 Å². The van der Waals surface area contributed by atoms with Gasteiger partial charge < -0.3 is 0 Å². The van der Waals surface area contributed by atoms with Crippen LogP contribution in [0.2, 0.25) is 0 Å². The van der Waals surface area contributed by atoms with Gasteiger partial charge in [-0.15, -0.1) is 0 Å². The highest BCUT2D eigenvalue weighted by Gasteiger charge is 2.30. The van der Waals surface area contributed by atoms with Crippen LogP contribution < -0.4 is 0 Å². The lowest BCUT2D eigenvalue weighted by Crippen LogP contribution is -2.25. The van der Waals surface area contributed by atoms with Gasteiger partial charge in [0.2, 0.25) is 0 Å². The van der Waals surface area contributed by atoms with Crippen LogP contribution in [0.1, 0.15) is 142 Å². The molecule has 154 valence electrons. The third-order valence-electron chi connectivity index (χ3n) is 7.88. The van der Waals surface area contributed by atoms with E-state index in [2.05, 4.69) is 13.8 Å². The second-order valence-electron chi connectivity index (χ2n) is 9.97. The first-order valence-electron chi connectivity index (χ1n) is 12.8. The third kappa shape index (κ3) is 8.79. The molecule has 0 heterocycles. The minimum absolute atomic E-state index is 1.09. The summed E-state index contributed by atoms with van der Waals surface area (Å²) in [6.45, 7) is 4.65. The fourth-order valence-corrected chi connectivity index (χ4v) is 5.97. The fourth-order valence-electron chi connectivity index (χ4n) is 5.97. The maximum Gasteiger partial charge on any atom is -0.0386 e. The quantitative estimate of drug-likeness (QED) is 0.286. The minimum Gasteiger partial charge on any atom is -0.0654 e. The zero-order valence-electron chi connectivity index (χ0n) is 18.5. The van der Waals surface area contributed by atoms with Crippen molar-refractivity contribution in [1.82, 2.24) is 0 Å². The molecule has 0 nitrogen and oxygen atoms in total. The van der Waals surface area contributed by atoms with E-state index in [1.165, 1.54) is 70.6 Å². The molecule has 0 atom stereocenters. The predicted octanol–water partition coefficient (Wildman–Crippen LogP) is 9.32. The SMILES string of the molecule is CCCCCCCCCC1CCC([C@H]2CC[C@H](CCCCC)CC2)CC1. The number of hydrogen-bond acceptors (Lipinski definition) is 0. The van der Waals surface area contributed by atoms with Gasteiger partial charge in [0, 0.05) is 0 Å². The highest BCUT2D eigenvalue weighted by molar-refractivity contribution is 4.82. The van der Waals surface area contributed by atoms with Gasteiger partial charge in [-0.2, -0.15) is 0 Å². The van der Waals surface area contributed by atoms with Crippen LogP contribution in [-0.2, 0) is 0 Å². The maximum atomic E-state index is 2.33. The smallest absolute Gasteiger partial charge is 0.0386 e. The average molecular weight is 363 g/mol. The molecule has 0 aromatic carbocycles. The molecule has 0 N–H and O–H groups in total. The van der Waals surface area contributed by atoms with Crippen molar-refractivity contribution >= 4 is 0 Å². The average Bonchev–Trinajstić information content (AvgIpc) is 2.69. The van der Waals surface area contributed by atoms with Gasteiger partial charge in [0.15, 0.2) is 0 Å². The van der Waals surface area contributed by atoms with Gasteiger partial charge in [0.1, 0.15) is 0 Å². The largest absolute Gasteiger partial charge is 0.0654 e. The summed E-state index contributed by atoms with van der Waals surface area (Å²) in [5.74, 6) is 4.40. The molecular weight excluding hydrogens is 312 g/mol. The molecule has 0 unspecified atom stereocenters. The van der Waals surface area contributed by atoms with Crippen molar-refractivity contribution in [2.75, 3.05) is 0 Å². The fraction of sp³-hybridized carbons (Fsp3) is 1.00. The summed E-state index contributed by atoms with van der Waals surface area (Å²) in [6.07, 6.45) is 30.3. The van der Waals surface area contributed by atoms with Crippen LogP contribution in [0.25, 0.3) is 0 Å². The maximum absolute atomic E-state index is 2.33. The lowest BCUT2D eigenvalue weighted by atomic mass is 9.68. The summed E-state index contributed by atoms with van der Waals surface area (Å²) in [5.41, 5.74) is 0. The van der Waals surface area contributed by atoms with E-state index in [4.69, 9.17) is 0 Å². The molecule has 2 saturated carbocycles. The molecule has 0 aromatic heterocycles. The molecule has 2 aliphatic carbocycles. The molecule has 0 aromatic rings. The zero-order valence-corrected chi connectivity index (χ0v) is 18.5. The normalized spacial score (nSPS) is 29.8. The first kappa shape index (κ1) is 22.3. The molecule has 0 spiro atoms. The number of unbranched alkanes of at least 4 members (excludes halogenated alkanes) is 8. The lowest BCUT2D eigenvalue weighted by molar-refractivity contribution is 0.139. The van der Waals surface area contributed by atoms with Crippen molar-refractivity contribution in [2.24, 2.45) is 23.7 Å². The molecule has 0 aliphatic heterocycles. The Hall–Kier alpha value is 0. The van der Waals surface area contributed by atoms with E-state index in [0.717, 1.165) is 23.7 Å². The number of rotatable bonds is 13. The van der Waals surface area contributed by atoms with Gasteiger partial charge >= 0.3 is 0 Å². The molecule has 2 fully saturated rings. The summed E-state index contributed by atoms with van der Waals surface area (Å²) in [6, 6.07) is 0. The Morgan fingerprint density at radius 3 is 1.23 bits per heavy atom. The molecular formula is C26H50. The Balaban J connectivity index is 1.48. The van der Waals surface area contributed by atoms with Crippen molar-refractivity contribution < 1.29 is 0 Å². The van der Waals surface area contributed by atoms with E-state index in [9.17, 15) is 0 Å². The van der Waals surface area contributed by atoms with Crippen LogP contribution in [0, 0.1) is 23.7 Å². The van der Waals surface area contributed by atoms with E-state index in [0.29, 0.717) is 0 Å². The molecule has 0 amide bonds. The first-order chi connectivity index (χ1) is 12.8. The molecule has 0 bridgehead atoms. The van der Waals surface area contributed by atoms with Crippen LogP contribution in [0.5, 0.6) is 0 Å². The van der Waals surface area contributed by atoms with Crippen molar-refractivity contribution in [3.05, 3.63) is 0 Å². The summed E-state index contributed by atoms with van der Waals surface area (Å²) >= 11 is 0. The molecule has 0 saturated heterocycles. The summed E-state index contributed by atoms with van der Waals surface area (Å²) in [5, 5.41) is 0. The summed E-state index contributed by atoms with van der Waals surface area (Å²) in [7, 11) is 0. The lowest BCUT2D eigenvalue weighted by Gasteiger charge is -2.38. The number of hydrogen-bond donors (Lipinski definition) is 0. The second kappa shape index (κ2) is 14.1. The Morgan fingerprint density at radius 2 is 0.769 bits per heavy atom. The Bertz CT molecular complexity index is 304. The molecule has 2 aliphatic rings. The van der Waals surface area contributed by atoms with E-state index < -0.39 is 0 Å². The first-order valence-corrected chi connectivity index (χ1v) is 12.8. The highest BCUT2D eigenvalue weighted by Crippen LogP contribution is 2.43. The van der Waals surface area contributed by atoms with Gasteiger partial charge in [0.05, 0.1) is 0 Å². The van der Waals surface area contributed by atoms with Gasteiger partial charge in [-0.05, 0) is 49.4 Å². The molecule has 26 heavy (non-hydrogen) atoms. The van der Waals surface area contributed by atoms with E-state index in [-0.39, 0.29) is 0 Å². The Kier molecular flexibility index (Phi) is 12.1. The van der Waals surface area contributed by atoms with Crippen molar-refractivity contribution in [3.63, 3.8) is 0 Å². The minimum atomic E-state index is 1.09. The van der Waals surface area contributed by atoms with Crippen molar-refractivity contribution in [3.8, 4) is 0 Å². The Labute approximate surface area is 166 Å². The molecule has 0 heteroatoms. The topological polar surface area (TPSA) is 0 Å². The van der Waals surface area contributed by atoms with Crippen LogP contribution in [0.3, 0.4) is 0 Å². The summed E-state index contributed by atoms with van der Waals surface area (Å²) in [4.78, 5) is 0. The zero-order chi connectivity index (χ0) is 18.5. The van der Waals surface area contributed by atoms with Crippen LogP contribution >= 0.6 is 0 Å². The standard InChI is InChI=1S/C26H50/c1-3-5-7-8-9-10-12-14-24-17-21-26(22-18-24)25-19-15-23(16-20-25)13-11-6-4-2/h23-26H,3-22H2,1-2H3/t23-,24?,25-,26?. The highest BCUT2D eigenvalue weighted by atomic mass is 14.4. The third-order valence-corrected chi connectivity index (χ3v) is 7.88. The van der Waals surface area contributed by atoms with Crippen LogP contribution in [0.4, 0.5) is 0 Å².